The number of nitrogens with zero attached hydrogens (tertiary/aromatic N) is 3. The van der Waals surface area contributed by atoms with Crippen LogP contribution in [0.3, 0.4) is 0 Å². The lowest BCUT2D eigenvalue weighted by molar-refractivity contribution is -0.122. The third-order valence-electron chi connectivity index (χ3n) is 7.73. The van der Waals surface area contributed by atoms with Gasteiger partial charge in [-0.1, -0.05) is 0 Å². The minimum Gasteiger partial charge on any atom is -0.493 e. The van der Waals surface area contributed by atoms with Gasteiger partial charge in [-0.2, -0.15) is 0 Å². The van der Waals surface area contributed by atoms with Crippen LogP contribution in [0.1, 0.15) is 56.1 Å². The van der Waals surface area contributed by atoms with Gasteiger partial charge in [-0.3, -0.25) is 4.79 Å². The van der Waals surface area contributed by atoms with Gasteiger partial charge in [0.25, 0.3) is 6.47 Å². The fraction of sp³-hybridized carbons (Fsp3) is 0.643. The third-order valence-corrected chi connectivity index (χ3v) is 7.73. The van der Waals surface area contributed by atoms with Gasteiger partial charge in [-0.05, 0) is 108 Å². The maximum absolute atomic E-state index is 8.36. The second-order valence-electron chi connectivity index (χ2n) is 10.2. The smallest absolute Gasteiger partial charge is 0.290 e. The van der Waals surface area contributed by atoms with Gasteiger partial charge in [0.2, 0.25) is 0 Å². The number of methoxy groups -OCH3 is 1. The number of piperidine rings is 1. The molecule has 0 amide bonds. The highest BCUT2D eigenvalue weighted by Crippen LogP contribution is 2.39. The topological polar surface area (TPSA) is 87.2 Å². The van der Waals surface area contributed by atoms with E-state index >= 15 is 0 Å². The fourth-order valence-electron chi connectivity index (χ4n) is 5.75. The number of benzene rings is 1. The number of hydrogen-bond acceptors (Lipinski definition) is 7. The van der Waals surface area contributed by atoms with Crippen molar-refractivity contribution in [3.63, 3.8) is 0 Å². The van der Waals surface area contributed by atoms with Crippen molar-refractivity contribution >= 4 is 23.2 Å². The number of likely N-dealkylation sites (tertiary alicyclic amines) is 2. The van der Waals surface area contributed by atoms with E-state index in [0.29, 0.717) is 12.6 Å². The molecular weight excluding hydrogens is 456 g/mol. The number of rotatable bonds is 8. The molecule has 1 aromatic heterocycles. The minimum absolute atomic E-state index is 0.250. The van der Waals surface area contributed by atoms with Gasteiger partial charge >= 0.3 is 0 Å². The zero-order chi connectivity index (χ0) is 25.3. The van der Waals surface area contributed by atoms with Gasteiger partial charge in [0, 0.05) is 24.0 Å². The van der Waals surface area contributed by atoms with Crippen LogP contribution in [0.5, 0.6) is 11.5 Å². The van der Waals surface area contributed by atoms with Crippen molar-refractivity contribution in [1.29, 1.82) is 0 Å². The van der Waals surface area contributed by atoms with Gasteiger partial charge in [0.05, 0.1) is 19.2 Å². The van der Waals surface area contributed by atoms with E-state index in [9.17, 15) is 0 Å². The second kappa shape index (κ2) is 13.1. The van der Waals surface area contributed by atoms with E-state index in [2.05, 4.69) is 34.3 Å². The molecule has 3 heterocycles. The first-order chi connectivity index (χ1) is 17.6. The lowest BCUT2D eigenvalue weighted by Gasteiger charge is -2.31. The Morgan fingerprint density at radius 2 is 1.75 bits per heavy atom. The molecular formula is C28H42N4O4. The molecule has 1 aliphatic carbocycles. The number of carbonyl (C=O) groups is 1. The maximum Gasteiger partial charge on any atom is 0.290 e. The summed E-state index contributed by atoms with van der Waals surface area (Å²) in [5.41, 5.74) is 3.91. The van der Waals surface area contributed by atoms with Crippen LogP contribution in [0.15, 0.2) is 12.1 Å². The van der Waals surface area contributed by atoms with Crippen LogP contribution in [0.4, 0.5) is 5.82 Å². The van der Waals surface area contributed by atoms with E-state index < -0.39 is 0 Å². The van der Waals surface area contributed by atoms with Crippen LogP contribution >= 0.6 is 0 Å². The normalized spacial score (nSPS) is 18.8. The molecule has 1 aromatic carbocycles. The molecule has 2 N–H and O–H groups in total. The molecule has 0 atom stereocenters. The first-order valence-electron chi connectivity index (χ1n) is 13.5. The van der Waals surface area contributed by atoms with E-state index in [4.69, 9.17) is 24.4 Å². The van der Waals surface area contributed by atoms with Gasteiger partial charge < -0.3 is 29.7 Å². The standard InChI is InChI=1S/C27H40N4O2.CH2O2/c1-30-15-10-20(11-16-30)28-27-22-9-4-3-8-21(22)23-18-25(32-2)26(19-24(23)29-27)33-17-7-14-31-12-5-6-13-31;2-1-3/h18-20H,3-17H2,1-2H3,(H,28,29);1H,(H,2,3). The summed E-state index contributed by atoms with van der Waals surface area (Å²) >= 11 is 0. The average molecular weight is 499 g/mol. The number of aromatic nitrogens is 1. The van der Waals surface area contributed by atoms with Crippen LogP contribution < -0.4 is 14.8 Å². The first-order valence-corrected chi connectivity index (χ1v) is 13.5. The summed E-state index contributed by atoms with van der Waals surface area (Å²) in [4.78, 5) is 18.5. The van der Waals surface area contributed by atoms with Gasteiger partial charge in [0.1, 0.15) is 5.82 Å². The molecule has 36 heavy (non-hydrogen) atoms. The van der Waals surface area contributed by atoms with E-state index in [1.54, 1.807) is 7.11 Å². The van der Waals surface area contributed by atoms with Crippen LogP contribution in [-0.4, -0.2) is 85.9 Å². The monoisotopic (exact) mass is 498 g/mol. The molecule has 0 spiro atoms. The number of hydrogen-bond donors (Lipinski definition) is 2. The second-order valence-corrected chi connectivity index (χ2v) is 10.2. The molecule has 0 radical (unpaired) electrons. The Morgan fingerprint density at radius 1 is 1.06 bits per heavy atom. The zero-order valence-electron chi connectivity index (χ0n) is 21.9. The molecule has 3 aliphatic rings. The number of fused-ring (bicyclic) bond motifs is 3. The number of pyridine rings is 1. The summed E-state index contributed by atoms with van der Waals surface area (Å²) in [7, 11) is 3.96. The summed E-state index contributed by atoms with van der Waals surface area (Å²) in [6.07, 6.45) is 10.8. The lowest BCUT2D eigenvalue weighted by atomic mass is 9.89. The van der Waals surface area contributed by atoms with E-state index in [0.717, 1.165) is 61.7 Å². The number of aryl methyl sites for hydroxylation is 1. The molecule has 198 valence electrons. The number of nitrogens with one attached hydrogen (secondary N) is 1. The van der Waals surface area contributed by atoms with Crippen molar-refractivity contribution in [2.24, 2.45) is 0 Å². The molecule has 0 saturated carbocycles. The molecule has 2 fully saturated rings. The Labute approximate surface area is 215 Å². The molecule has 8 heteroatoms. The van der Waals surface area contributed by atoms with Crippen LogP contribution in [0, 0.1) is 0 Å². The molecule has 2 aliphatic heterocycles. The van der Waals surface area contributed by atoms with Crippen molar-refractivity contribution in [1.82, 2.24) is 14.8 Å². The predicted molar refractivity (Wildman–Crippen MR) is 144 cm³/mol. The van der Waals surface area contributed by atoms with Crippen LogP contribution in [-0.2, 0) is 17.6 Å². The number of anilines is 1. The summed E-state index contributed by atoms with van der Waals surface area (Å²) < 4.78 is 12.0. The SMILES string of the molecule is COc1cc2c3c(c(NC4CCN(C)CC4)nc2cc1OCCCN1CCCC1)CCCC3.O=CO. The van der Waals surface area contributed by atoms with Crippen molar-refractivity contribution in [3.8, 4) is 11.5 Å². The Bertz CT molecular complexity index is 1000. The highest BCUT2D eigenvalue weighted by atomic mass is 16.5. The van der Waals surface area contributed by atoms with Gasteiger partial charge in [0.15, 0.2) is 11.5 Å². The molecule has 0 bridgehead atoms. The summed E-state index contributed by atoms with van der Waals surface area (Å²) in [5.74, 6) is 2.76. The zero-order valence-corrected chi connectivity index (χ0v) is 21.9. The molecule has 8 nitrogen and oxygen atoms in total. The predicted octanol–water partition coefficient (Wildman–Crippen LogP) is 4.19. The van der Waals surface area contributed by atoms with E-state index in [1.165, 1.54) is 68.1 Å². The average Bonchev–Trinajstić information content (AvgIpc) is 3.42. The summed E-state index contributed by atoms with van der Waals surface area (Å²) in [5, 5.41) is 12.0. The lowest BCUT2D eigenvalue weighted by Crippen LogP contribution is -2.37. The number of ether oxygens (including phenoxy) is 2. The van der Waals surface area contributed by atoms with Crippen molar-refractivity contribution < 1.29 is 19.4 Å². The third kappa shape index (κ3) is 6.59. The number of carboxylic acid groups (broad SMARTS) is 1. The summed E-state index contributed by atoms with van der Waals surface area (Å²) in [6, 6.07) is 4.79. The quantitative estimate of drug-likeness (QED) is 0.414. The molecule has 2 saturated heterocycles. The summed E-state index contributed by atoms with van der Waals surface area (Å²) in [6.45, 7) is 6.36. The van der Waals surface area contributed by atoms with Gasteiger partial charge in [-0.15, -0.1) is 0 Å². The van der Waals surface area contributed by atoms with E-state index in [1.807, 2.05) is 0 Å². The molecule has 0 unspecified atom stereocenters. The Morgan fingerprint density at radius 3 is 2.44 bits per heavy atom. The Balaban J connectivity index is 0.000000967. The van der Waals surface area contributed by atoms with Crippen LogP contribution in [0.2, 0.25) is 0 Å². The first kappa shape index (κ1) is 26.5. The molecule has 2 aromatic rings. The highest BCUT2D eigenvalue weighted by Gasteiger charge is 2.23. The Kier molecular flexibility index (Phi) is 9.64. The van der Waals surface area contributed by atoms with E-state index in [-0.39, 0.29) is 6.47 Å². The Hall–Kier alpha value is -2.58. The maximum atomic E-state index is 8.36. The molecule has 5 rings (SSSR count). The minimum atomic E-state index is -0.250. The van der Waals surface area contributed by atoms with Crippen LogP contribution in [0.25, 0.3) is 10.9 Å². The van der Waals surface area contributed by atoms with Crippen molar-refractivity contribution in [2.75, 3.05) is 58.8 Å². The highest BCUT2D eigenvalue weighted by molar-refractivity contribution is 5.89. The van der Waals surface area contributed by atoms with Crippen molar-refractivity contribution in [3.05, 3.63) is 23.3 Å². The van der Waals surface area contributed by atoms with Crippen molar-refractivity contribution in [2.45, 2.75) is 63.8 Å². The fourth-order valence-corrected chi connectivity index (χ4v) is 5.75. The largest absolute Gasteiger partial charge is 0.493 e. The van der Waals surface area contributed by atoms with Gasteiger partial charge in [-0.25, -0.2) is 4.98 Å².